The van der Waals surface area contributed by atoms with Crippen LogP contribution in [0.2, 0.25) is 0 Å². The Morgan fingerprint density at radius 1 is 0.451 bits per heavy atom. The second-order valence-electron chi connectivity index (χ2n) is 24.7. The number of ether oxygens (including phenoxy) is 10. The van der Waals surface area contributed by atoms with Crippen molar-refractivity contribution in [1.29, 1.82) is 0 Å². The van der Waals surface area contributed by atoms with E-state index in [0.717, 1.165) is 45.1 Å². The normalized spacial score (nSPS) is 31.9. The molecule has 580 valence electrons. The summed E-state index contributed by atoms with van der Waals surface area (Å²) in [5.74, 6) is 8.61. The molecule has 4 aromatic carbocycles. The van der Waals surface area contributed by atoms with Crippen molar-refractivity contribution in [2.45, 2.75) is 165 Å². The Hall–Kier alpha value is -3.95. The highest BCUT2D eigenvalue weighted by Gasteiger charge is 2.52. The van der Waals surface area contributed by atoms with E-state index in [9.17, 15) is 34.8 Å². The van der Waals surface area contributed by atoms with Crippen molar-refractivity contribution in [2.75, 3.05) is 84.8 Å². The highest BCUT2D eigenvalue weighted by molar-refractivity contribution is 14.0. The van der Waals surface area contributed by atoms with Crippen LogP contribution in [0.25, 0.3) is 0 Å². The summed E-state index contributed by atoms with van der Waals surface area (Å²) >= 11 is 0. The Kier molecular flexibility index (Phi) is 40.1. The summed E-state index contributed by atoms with van der Waals surface area (Å²) in [5.41, 5.74) is 21.4. The van der Waals surface area contributed by atoms with Gasteiger partial charge in [0.05, 0.1) is 132 Å². The summed E-state index contributed by atoms with van der Waals surface area (Å²) in [6.45, 7) is 11.7. The number of nitrogens with one attached hydrogen (secondary N) is 3. The first kappa shape index (κ1) is 92.3. The zero-order valence-electron chi connectivity index (χ0n) is 55.7. The van der Waals surface area contributed by atoms with Crippen LogP contribution in [-0.2, 0) is 105 Å². The van der Waals surface area contributed by atoms with E-state index in [1.807, 2.05) is 42.5 Å². The van der Waals surface area contributed by atoms with Crippen LogP contribution in [0.1, 0.15) is 73.5 Å². The van der Waals surface area contributed by atoms with E-state index in [-0.39, 0.29) is 145 Å². The lowest BCUT2D eigenvalue weighted by Gasteiger charge is -2.18. The smallest absolute Gasteiger partial charge is 0.264 e. The Balaban J connectivity index is 0.000000312. The number of aliphatic hydroxyl groups excluding tert-OH is 2. The third-order valence-corrected chi connectivity index (χ3v) is 18.0. The van der Waals surface area contributed by atoms with Crippen LogP contribution in [0.3, 0.4) is 0 Å². The first-order chi connectivity index (χ1) is 46.6. The van der Waals surface area contributed by atoms with Crippen LogP contribution < -0.4 is 44.8 Å². The lowest BCUT2D eigenvalue weighted by molar-refractivity contribution is 0.00205. The predicted molar refractivity (Wildman–Crippen MR) is 395 cm³/mol. The Morgan fingerprint density at radius 3 is 1.07 bits per heavy atom. The van der Waals surface area contributed by atoms with Crippen LogP contribution in [0.5, 0.6) is 0 Å². The first-order valence-corrected chi connectivity index (χ1v) is 38.3. The van der Waals surface area contributed by atoms with Gasteiger partial charge in [-0.25, -0.2) is 8.42 Å². The molecule has 0 spiro atoms. The number of hydrogen-bond donors (Lipinski definition) is 10. The fourth-order valence-electron chi connectivity index (χ4n) is 12.2. The molecule has 10 unspecified atom stereocenters. The highest BCUT2D eigenvalue weighted by Crippen LogP contribution is 2.35. The molecule has 0 radical (unpaired) electrons. The summed E-state index contributed by atoms with van der Waals surface area (Å²) < 4.78 is 127. The molecular weight excluding hydrogens is 1530 g/mol. The molecule has 35 heteroatoms. The van der Waals surface area contributed by atoms with Gasteiger partial charge in [0.1, 0.15) is 73.2 Å². The van der Waals surface area contributed by atoms with E-state index < -0.39 is 65.9 Å². The quantitative estimate of drug-likeness (QED) is 0.0256. The summed E-state index contributed by atoms with van der Waals surface area (Å²) in [7, 11) is -5.93. The minimum atomic E-state index is -3.62. The van der Waals surface area contributed by atoms with Gasteiger partial charge < -0.3 is 85.4 Å². The molecule has 20 atom stereocenters. The maximum absolute atomic E-state index is 11.0. The van der Waals surface area contributed by atoms with Gasteiger partial charge in [0, 0.05) is 42.2 Å². The molecule has 10 saturated heterocycles. The van der Waals surface area contributed by atoms with Gasteiger partial charge in [0.15, 0.2) is 0 Å². The number of nitrogens with two attached hydrogens (primary N) is 5. The maximum Gasteiger partial charge on any atom is 0.264 e. The lowest BCUT2D eigenvalue weighted by Crippen LogP contribution is -2.43. The lowest BCUT2D eigenvalue weighted by atomic mass is 9.99. The van der Waals surface area contributed by atoms with E-state index in [2.05, 4.69) is 101 Å². The van der Waals surface area contributed by atoms with E-state index in [1.54, 1.807) is 24.3 Å². The Bertz CT molecular complexity index is 3170. The van der Waals surface area contributed by atoms with Crippen molar-refractivity contribution in [3.05, 3.63) is 143 Å². The molecule has 4 aromatic rings. The van der Waals surface area contributed by atoms with Gasteiger partial charge in [0.2, 0.25) is 9.05 Å². The number of rotatable bonds is 11. The third-order valence-electron chi connectivity index (χ3n) is 16.8. The fourth-order valence-corrected chi connectivity index (χ4v) is 13.4. The Morgan fingerprint density at radius 2 is 0.745 bits per heavy atom. The average Bonchev–Trinajstić information content (AvgIpc) is 1.57. The zero-order chi connectivity index (χ0) is 71.3. The number of hydrogen-bond acceptors (Lipinski definition) is 29. The Labute approximate surface area is 622 Å². The summed E-state index contributed by atoms with van der Waals surface area (Å²) in [6, 6.07) is 38.2. The minimum Gasteiger partial charge on any atom is -0.388 e. The van der Waals surface area contributed by atoms with E-state index in [1.165, 1.54) is 16.7 Å². The van der Waals surface area contributed by atoms with Crippen molar-refractivity contribution in [2.24, 2.45) is 40.7 Å². The standard InChI is InChI=1S/C20H24N2O2.C8H5NO2.C8H14O8S2.C8H14O2.C7H9N.C6H12N2O2.C6H10O4.CH3ClO2S.3CH4.HI.H4N2/c1-3-7-15(8-4-1)11-21-17-13-23-20-18(14-24-19(17)20)22-12-16-9-5-2-6-10-16;10-7-5-3-1-2-4-6(5)8(11)9-7;1-17(9,10)15-5-3-13-8-6(4-14-7(5)8)16-18(2,11)12;1-5-3-9-8-6(2)4-10-7(5)8;8-6-7-4-2-1-3-5-7;2*7-3-1-9-6-4(8)2-10-5(3)6;1-5(2,3)4;;;;;1-2/h1-10,17-22H,11-14H2;1-4H,(H,9,10,11);5-8H,3-4H2,1-2H3;5-8H,3-4H2,1-2H3;1-5H,6,8H2;3-6H,1-2,7-8H2;3-8H,1-2H2;1H3;3*1H4;1H;1-2H2/t17-,18-,19?,20?;;2*5-,6-,7?,8?;;2*3-,4-,5?,6?;;;;;;/m0.10.01....../s1. The topological polar surface area (TPSA) is 454 Å². The van der Waals surface area contributed by atoms with Crippen LogP contribution >= 0.6 is 34.7 Å². The molecule has 2 amide bonds. The molecule has 0 saturated carbocycles. The molecule has 0 bridgehead atoms. The maximum atomic E-state index is 11.0. The predicted octanol–water partition coefficient (Wildman–Crippen LogP) is 1.82. The number of benzene rings is 4. The van der Waals surface area contributed by atoms with Crippen LogP contribution in [0.15, 0.2) is 115 Å². The average molecular weight is 1640 g/mol. The molecule has 15 rings (SSSR count). The number of aliphatic hydroxyl groups is 2. The minimum absolute atomic E-state index is 0. The number of fused-ring (bicyclic) bond motifs is 6. The van der Waals surface area contributed by atoms with E-state index in [4.69, 9.17) is 83.1 Å². The molecule has 102 heavy (non-hydrogen) atoms. The highest BCUT2D eigenvalue weighted by atomic mass is 127. The molecule has 11 aliphatic rings. The molecule has 30 nitrogen and oxygen atoms in total. The van der Waals surface area contributed by atoms with Crippen LogP contribution in [0.4, 0.5) is 0 Å². The molecule has 15 N–H and O–H groups in total. The number of carbonyl (C=O) groups excluding carboxylic acids is 2. The summed E-state index contributed by atoms with van der Waals surface area (Å²) in [4.78, 5) is 21.9. The SMILES string of the molecule is C.C.C.CS(=O)(=O)Cl.CS(=O)(=O)O[C@@H]1COC2C1OC[C@H]2OS(C)(=O)=O.C[C@H]1COC2C1OC[C@@H]2C.I.NCc1ccccc1.NN.N[C@H]1COC2C1OC[C@@H]2N.O=C1NC(=O)c2ccccc21.O[C@@H]1COC2C1OC[C@H]2O.c1ccc(CN[C@H]2COC3C2OC[C@@H]3NCc2ccccc2)cc1. The van der Waals surface area contributed by atoms with Crippen molar-refractivity contribution >= 4 is 75.8 Å². The summed E-state index contributed by atoms with van der Waals surface area (Å²) in [5, 5.41) is 27.7. The van der Waals surface area contributed by atoms with Crippen LogP contribution in [0, 0.1) is 11.8 Å². The molecule has 0 aromatic heterocycles. The van der Waals surface area contributed by atoms with Gasteiger partial charge in [-0.3, -0.25) is 35.0 Å². The van der Waals surface area contributed by atoms with Crippen molar-refractivity contribution in [3.8, 4) is 0 Å². The van der Waals surface area contributed by atoms with E-state index >= 15 is 0 Å². The molecule has 0 aliphatic carbocycles. The van der Waals surface area contributed by atoms with Crippen LogP contribution in [-0.4, -0.2) is 242 Å². The number of halogens is 2. The van der Waals surface area contributed by atoms with Gasteiger partial charge in [-0.05, 0) is 28.8 Å². The number of carbonyl (C=O) groups is 2. The first-order valence-electron chi connectivity index (χ1n) is 31.9. The van der Waals surface area contributed by atoms with E-state index in [0.29, 0.717) is 68.1 Å². The number of imide groups is 1. The number of amides is 2. The summed E-state index contributed by atoms with van der Waals surface area (Å²) in [6.07, 6.45) is -0.531. The third kappa shape index (κ3) is 28.3. The number of hydrazine groups is 1. The molecule has 10 fully saturated rings. The molecule has 11 heterocycles. The van der Waals surface area contributed by atoms with Gasteiger partial charge >= 0.3 is 0 Å². The molecular formula is C67H108ClIN8O22S3. The monoisotopic (exact) mass is 1630 g/mol. The second-order valence-corrected chi connectivity index (χ2v) is 31.0. The zero-order valence-corrected chi connectivity index (χ0v) is 61.2. The van der Waals surface area contributed by atoms with Gasteiger partial charge in [-0.1, -0.05) is 139 Å². The van der Waals surface area contributed by atoms with Gasteiger partial charge in [-0.2, -0.15) is 16.8 Å². The second kappa shape index (κ2) is 44.4. The largest absolute Gasteiger partial charge is 0.388 e. The van der Waals surface area contributed by atoms with Crippen molar-refractivity contribution < 1.29 is 101 Å². The van der Waals surface area contributed by atoms with Crippen molar-refractivity contribution in [1.82, 2.24) is 16.0 Å². The van der Waals surface area contributed by atoms with Crippen molar-refractivity contribution in [3.63, 3.8) is 0 Å². The molecule has 11 aliphatic heterocycles. The van der Waals surface area contributed by atoms with Gasteiger partial charge in [-0.15, -0.1) is 24.0 Å². The fraction of sp³-hybridized carbons (Fsp3) is 0.612. The van der Waals surface area contributed by atoms with Gasteiger partial charge in [0.25, 0.3) is 32.1 Å².